The Morgan fingerprint density at radius 3 is 2.68 bits per heavy atom. The second kappa shape index (κ2) is 4.45. The predicted molar refractivity (Wildman–Crippen MR) is 71.9 cm³/mol. The van der Waals surface area contributed by atoms with Crippen molar-refractivity contribution in [2.75, 3.05) is 5.73 Å². The molecule has 94 valence electrons. The van der Waals surface area contributed by atoms with E-state index in [0.717, 1.165) is 5.56 Å². The van der Waals surface area contributed by atoms with Gasteiger partial charge in [-0.3, -0.25) is 0 Å². The molecule has 0 saturated carbocycles. The third kappa shape index (κ3) is 2.13. The zero-order valence-corrected chi connectivity index (χ0v) is 9.98. The number of hydrogen-bond acceptors (Lipinski definition) is 4. The lowest BCUT2D eigenvalue weighted by molar-refractivity contribution is 0.516. The fourth-order valence-corrected chi connectivity index (χ4v) is 1.84. The topological polar surface area (TPSA) is 74.1 Å². The van der Waals surface area contributed by atoms with Gasteiger partial charge in [-0.1, -0.05) is 30.3 Å². The fraction of sp³-hybridized carbons (Fsp3) is 0. The van der Waals surface area contributed by atoms with E-state index in [1.165, 1.54) is 4.57 Å². The van der Waals surface area contributed by atoms with Crippen LogP contribution in [0.3, 0.4) is 0 Å². The maximum atomic E-state index is 11.9. The summed E-state index contributed by atoms with van der Waals surface area (Å²) in [5.74, 6) is 0.414. The van der Waals surface area contributed by atoms with E-state index in [2.05, 4.69) is 4.98 Å². The van der Waals surface area contributed by atoms with Gasteiger partial charge in [-0.05, 0) is 6.07 Å². The Labute approximate surface area is 108 Å². The van der Waals surface area contributed by atoms with E-state index < -0.39 is 5.76 Å². The van der Waals surface area contributed by atoms with Crippen LogP contribution in [0.15, 0.2) is 64.1 Å². The lowest BCUT2D eigenvalue weighted by atomic mass is 10.2. The highest BCUT2D eigenvalue weighted by Gasteiger charge is 2.09. The van der Waals surface area contributed by atoms with Crippen LogP contribution in [-0.4, -0.2) is 9.55 Å². The van der Waals surface area contributed by atoms with Crippen LogP contribution in [0.25, 0.3) is 17.0 Å². The first kappa shape index (κ1) is 11.3. The molecule has 0 fully saturated rings. The quantitative estimate of drug-likeness (QED) is 0.758. The maximum Gasteiger partial charge on any atom is 0.424 e. The Hall–Kier alpha value is -2.82. The number of nitrogen functional groups attached to an aromatic ring is 1. The molecule has 3 rings (SSSR count). The molecule has 0 bridgehead atoms. The van der Waals surface area contributed by atoms with Gasteiger partial charge in [-0.15, -0.1) is 0 Å². The minimum absolute atomic E-state index is 0.354. The van der Waals surface area contributed by atoms with Crippen LogP contribution in [0.4, 0.5) is 5.82 Å². The molecule has 0 aliphatic carbocycles. The molecule has 0 aliphatic heterocycles. The third-order valence-corrected chi connectivity index (χ3v) is 2.74. The molecule has 19 heavy (non-hydrogen) atoms. The monoisotopic (exact) mass is 253 g/mol. The molecule has 3 aromatic rings. The average molecular weight is 253 g/mol. The van der Waals surface area contributed by atoms with Crippen LogP contribution < -0.4 is 11.5 Å². The van der Waals surface area contributed by atoms with Gasteiger partial charge in [0.05, 0.1) is 11.9 Å². The van der Waals surface area contributed by atoms with Crippen molar-refractivity contribution in [2.24, 2.45) is 0 Å². The Balaban J connectivity index is 2.10. The maximum absolute atomic E-state index is 11.9. The van der Waals surface area contributed by atoms with E-state index in [4.69, 9.17) is 10.2 Å². The summed E-state index contributed by atoms with van der Waals surface area (Å²) in [4.78, 5) is 15.8. The van der Waals surface area contributed by atoms with Crippen molar-refractivity contribution in [3.63, 3.8) is 0 Å². The van der Waals surface area contributed by atoms with Gasteiger partial charge >= 0.3 is 5.76 Å². The number of rotatable bonds is 2. The third-order valence-electron chi connectivity index (χ3n) is 2.74. The van der Waals surface area contributed by atoms with Gasteiger partial charge in [0, 0.05) is 17.8 Å². The van der Waals surface area contributed by atoms with Crippen LogP contribution in [0.5, 0.6) is 0 Å². The van der Waals surface area contributed by atoms with E-state index in [0.29, 0.717) is 17.3 Å². The summed E-state index contributed by atoms with van der Waals surface area (Å²) >= 11 is 0. The molecule has 0 saturated heterocycles. The first-order valence-corrected chi connectivity index (χ1v) is 5.74. The van der Waals surface area contributed by atoms with Crippen LogP contribution in [-0.2, 0) is 0 Å². The molecule has 5 heteroatoms. The molecule has 2 N–H and O–H groups in total. The molecule has 5 nitrogen and oxygen atoms in total. The van der Waals surface area contributed by atoms with E-state index in [9.17, 15) is 4.79 Å². The largest absolute Gasteiger partial charge is 0.424 e. The smallest absolute Gasteiger partial charge is 0.407 e. The lowest BCUT2D eigenvalue weighted by Gasteiger charge is -1.99. The van der Waals surface area contributed by atoms with Crippen LogP contribution in [0.2, 0.25) is 0 Å². The van der Waals surface area contributed by atoms with Crippen molar-refractivity contribution in [1.82, 2.24) is 9.55 Å². The SMILES string of the molecule is Nc1cc(-n2cc(-c3ccccc3)oc2=O)ccn1. The van der Waals surface area contributed by atoms with Gasteiger partial charge in [-0.25, -0.2) is 14.3 Å². The standard InChI is InChI=1S/C14H11N3O2/c15-13-8-11(6-7-16-13)17-9-12(19-14(17)18)10-4-2-1-3-5-10/h1-9H,(H2,15,16). The summed E-state index contributed by atoms with van der Waals surface area (Å²) in [5, 5.41) is 0. The second-order valence-electron chi connectivity index (χ2n) is 4.04. The van der Waals surface area contributed by atoms with E-state index in [1.807, 2.05) is 30.3 Å². The normalized spacial score (nSPS) is 10.5. The second-order valence-corrected chi connectivity index (χ2v) is 4.04. The van der Waals surface area contributed by atoms with Crippen molar-refractivity contribution in [1.29, 1.82) is 0 Å². The van der Waals surface area contributed by atoms with E-state index in [1.54, 1.807) is 24.5 Å². The Morgan fingerprint density at radius 1 is 1.16 bits per heavy atom. The van der Waals surface area contributed by atoms with Gasteiger partial charge in [-0.2, -0.15) is 0 Å². The summed E-state index contributed by atoms with van der Waals surface area (Å²) in [6, 6.07) is 12.7. The number of aromatic nitrogens is 2. The Kier molecular flexibility index (Phi) is 2.64. The fourth-order valence-electron chi connectivity index (χ4n) is 1.84. The molecule has 0 amide bonds. The number of oxazole rings is 1. The molecule has 2 heterocycles. The Morgan fingerprint density at radius 2 is 1.95 bits per heavy atom. The number of pyridine rings is 1. The zero-order valence-electron chi connectivity index (χ0n) is 9.98. The van der Waals surface area contributed by atoms with Gasteiger partial charge in [0.25, 0.3) is 0 Å². The number of anilines is 1. The number of hydrogen-bond donors (Lipinski definition) is 1. The summed E-state index contributed by atoms with van der Waals surface area (Å²) < 4.78 is 6.64. The highest BCUT2D eigenvalue weighted by Crippen LogP contribution is 2.19. The molecular weight excluding hydrogens is 242 g/mol. The molecule has 0 aliphatic rings. The molecule has 0 spiro atoms. The van der Waals surface area contributed by atoms with Crippen molar-refractivity contribution >= 4 is 5.82 Å². The highest BCUT2D eigenvalue weighted by molar-refractivity contribution is 5.56. The lowest BCUT2D eigenvalue weighted by Crippen LogP contribution is -2.11. The summed E-state index contributed by atoms with van der Waals surface area (Å²) in [6.45, 7) is 0. The minimum Gasteiger partial charge on any atom is -0.407 e. The van der Waals surface area contributed by atoms with Crippen LogP contribution in [0.1, 0.15) is 0 Å². The van der Waals surface area contributed by atoms with Crippen LogP contribution in [0, 0.1) is 0 Å². The van der Waals surface area contributed by atoms with Crippen molar-refractivity contribution in [3.8, 4) is 17.0 Å². The van der Waals surface area contributed by atoms with Crippen molar-refractivity contribution < 1.29 is 4.42 Å². The van der Waals surface area contributed by atoms with E-state index >= 15 is 0 Å². The summed E-state index contributed by atoms with van der Waals surface area (Å²) in [7, 11) is 0. The summed E-state index contributed by atoms with van der Waals surface area (Å²) in [6.07, 6.45) is 3.19. The molecule has 2 aromatic heterocycles. The van der Waals surface area contributed by atoms with Crippen molar-refractivity contribution in [3.05, 3.63) is 65.4 Å². The van der Waals surface area contributed by atoms with Crippen molar-refractivity contribution in [2.45, 2.75) is 0 Å². The van der Waals surface area contributed by atoms with Gasteiger partial charge < -0.3 is 10.2 Å². The van der Waals surface area contributed by atoms with Crippen LogP contribution >= 0.6 is 0 Å². The first-order valence-electron chi connectivity index (χ1n) is 5.74. The Bertz CT molecular complexity index is 760. The van der Waals surface area contributed by atoms with E-state index in [-0.39, 0.29) is 0 Å². The molecule has 0 radical (unpaired) electrons. The zero-order chi connectivity index (χ0) is 13.2. The average Bonchev–Trinajstić information content (AvgIpc) is 2.82. The predicted octanol–water partition coefficient (Wildman–Crippen LogP) is 2.07. The van der Waals surface area contributed by atoms with Gasteiger partial charge in [0.1, 0.15) is 5.82 Å². The van der Waals surface area contributed by atoms with Gasteiger partial charge in [0.2, 0.25) is 0 Å². The first-order chi connectivity index (χ1) is 9.24. The number of nitrogens with two attached hydrogens (primary N) is 1. The van der Waals surface area contributed by atoms with Gasteiger partial charge in [0.15, 0.2) is 5.76 Å². The molecular formula is C14H11N3O2. The highest BCUT2D eigenvalue weighted by atomic mass is 16.4. The molecule has 0 atom stereocenters. The molecule has 0 unspecified atom stereocenters. The molecule has 1 aromatic carbocycles. The number of benzene rings is 1. The number of nitrogens with zero attached hydrogens (tertiary/aromatic N) is 2. The summed E-state index contributed by atoms with van der Waals surface area (Å²) in [5.41, 5.74) is 7.08. The minimum atomic E-state index is -0.454.